The molecule has 5 nitrogen and oxygen atoms in total. The number of hydrogen-bond donors (Lipinski definition) is 1. The van der Waals surface area contributed by atoms with E-state index in [0.29, 0.717) is 18.3 Å². The van der Waals surface area contributed by atoms with E-state index in [2.05, 4.69) is 33.0 Å². The topological polar surface area (TPSA) is 50.2 Å². The minimum absolute atomic E-state index is 0.549. The summed E-state index contributed by atoms with van der Waals surface area (Å²) in [6.07, 6.45) is 4.04. The maximum Gasteiger partial charge on any atom is 0.142 e. The maximum absolute atomic E-state index is 10.5. The first-order valence-electron chi connectivity index (χ1n) is 9.44. The molecule has 0 saturated heterocycles. The summed E-state index contributed by atoms with van der Waals surface area (Å²) < 4.78 is 2.09. The van der Waals surface area contributed by atoms with E-state index in [1.165, 1.54) is 6.08 Å². The van der Waals surface area contributed by atoms with Gasteiger partial charge in [-0.1, -0.05) is 18.2 Å². The van der Waals surface area contributed by atoms with Gasteiger partial charge in [-0.3, -0.25) is 4.79 Å². The number of anilines is 2. The zero-order valence-corrected chi connectivity index (χ0v) is 17.8. The van der Waals surface area contributed by atoms with Gasteiger partial charge in [-0.05, 0) is 42.0 Å². The molecular weight excluding hydrogens is 407 g/mol. The highest BCUT2D eigenvalue weighted by Crippen LogP contribution is 2.23. The number of alkyl halides is 2. The zero-order chi connectivity index (χ0) is 20.6. The monoisotopic (exact) mass is 430 g/mol. The molecule has 0 fully saturated rings. The summed E-state index contributed by atoms with van der Waals surface area (Å²) in [4.78, 5) is 17.5. The molecule has 1 heterocycles. The second kappa shape index (κ2) is 10.3. The molecule has 1 N–H and O–H groups in total. The van der Waals surface area contributed by atoms with Gasteiger partial charge in [0.05, 0.1) is 17.6 Å². The van der Waals surface area contributed by atoms with Gasteiger partial charge < -0.3 is 14.8 Å². The summed E-state index contributed by atoms with van der Waals surface area (Å²) in [7, 11) is 2.02. The highest BCUT2D eigenvalue weighted by Gasteiger charge is 2.11. The van der Waals surface area contributed by atoms with Crippen LogP contribution in [0.3, 0.4) is 0 Å². The number of hydrogen-bond acceptors (Lipinski definition) is 4. The third kappa shape index (κ3) is 5.31. The Labute approximate surface area is 180 Å². The van der Waals surface area contributed by atoms with Crippen molar-refractivity contribution in [1.82, 2.24) is 9.55 Å². The van der Waals surface area contributed by atoms with Crippen molar-refractivity contribution in [3.05, 3.63) is 59.9 Å². The second-order valence-corrected chi connectivity index (χ2v) is 7.36. The fraction of sp³-hybridized carbons (Fsp3) is 0.273. The van der Waals surface area contributed by atoms with Crippen LogP contribution in [0.25, 0.3) is 17.1 Å². The van der Waals surface area contributed by atoms with Crippen LogP contribution in [0.5, 0.6) is 0 Å². The number of rotatable bonds is 10. The summed E-state index contributed by atoms with van der Waals surface area (Å²) in [6.45, 7) is 2.08. The van der Waals surface area contributed by atoms with Crippen LogP contribution in [0.2, 0.25) is 0 Å². The van der Waals surface area contributed by atoms with Crippen LogP contribution in [0.4, 0.5) is 11.4 Å². The first kappa shape index (κ1) is 21.2. The summed E-state index contributed by atoms with van der Waals surface area (Å²) in [6, 6.07) is 14.2. The van der Waals surface area contributed by atoms with Crippen molar-refractivity contribution in [3.63, 3.8) is 0 Å². The van der Waals surface area contributed by atoms with Crippen LogP contribution < -0.4 is 10.2 Å². The Kier molecular flexibility index (Phi) is 7.55. The molecule has 0 spiro atoms. The zero-order valence-electron chi connectivity index (χ0n) is 16.3. The normalized spacial score (nSPS) is 11.3. The average molecular weight is 431 g/mol. The average Bonchev–Trinajstić information content (AvgIpc) is 3.06. The molecule has 0 aliphatic heterocycles. The molecule has 0 atom stereocenters. The van der Waals surface area contributed by atoms with Crippen molar-refractivity contribution in [2.75, 3.05) is 35.1 Å². The lowest BCUT2D eigenvalue weighted by Gasteiger charge is -2.22. The molecule has 0 saturated carbocycles. The first-order chi connectivity index (χ1) is 14.2. The van der Waals surface area contributed by atoms with Crippen molar-refractivity contribution >= 4 is 58.0 Å². The number of benzene rings is 2. The fourth-order valence-electron chi connectivity index (χ4n) is 3.25. The Hall–Kier alpha value is -2.50. The molecule has 3 rings (SSSR count). The Bertz CT molecular complexity index is 994. The molecule has 0 unspecified atom stereocenters. The molecule has 29 heavy (non-hydrogen) atoms. The molecule has 0 aliphatic carbocycles. The number of imidazole rings is 1. The van der Waals surface area contributed by atoms with E-state index in [0.717, 1.165) is 53.2 Å². The minimum atomic E-state index is 0.549. The van der Waals surface area contributed by atoms with E-state index in [-0.39, 0.29) is 0 Å². The largest absolute Gasteiger partial charge is 0.378 e. The van der Waals surface area contributed by atoms with E-state index in [1.54, 1.807) is 6.08 Å². The molecule has 3 aromatic rings. The van der Waals surface area contributed by atoms with E-state index in [4.69, 9.17) is 28.2 Å². The standard InChI is InChI=1S/C22H24Cl2N4O/c1-27-21-8-7-19(28(11-9-23)12-10-24)15-20(21)26-22(27)16-25-18-6-2-4-17(14-18)5-3-13-29/h2-8,13-15,25H,9-12,16H2,1H3. The number of aldehydes is 1. The Morgan fingerprint density at radius 2 is 1.93 bits per heavy atom. The molecule has 7 heteroatoms. The third-order valence-corrected chi connectivity index (χ3v) is 5.07. The number of allylic oxidation sites excluding steroid dienone is 1. The summed E-state index contributed by atoms with van der Waals surface area (Å²) in [5, 5.41) is 3.41. The van der Waals surface area contributed by atoms with Crippen LogP contribution in [0.1, 0.15) is 11.4 Å². The highest BCUT2D eigenvalue weighted by molar-refractivity contribution is 6.18. The maximum atomic E-state index is 10.5. The van der Waals surface area contributed by atoms with Gasteiger partial charge in [0.15, 0.2) is 0 Å². The number of carbonyl (C=O) groups is 1. The molecule has 0 aliphatic rings. The lowest BCUT2D eigenvalue weighted by atomic mass is 10.2. The summed E-state index contributed by atoms with van der Waals surface area (Å²) in [5.41, 5.74) is 5.03. The molecule has 2 aromatic carbocycles. The number of nitrogens with zero attached hydrogens (tertiary/aromatic N) is 3. The van der Waals surface area contributed by atoms with Gasteiger partial charge in [0.2, 0.25) is 0 Å². The quantitative estimate of drug-likeness (QED) is 0.288. The van der Waals surface area contributed by atoms with Crippen LogP contribution in [-0.2, 0) is 18.4 Å². The highest BCUT2D eigenvalue weighted by atomic mass is 35.5. The Morgan fingerprint density at radius 1 is 1.14 bits per heavy atom. The Balaban J connectivity index is 1.79. The van der Waals surface area contributed by atoms with Crippen molar-refractivity contribution in [2.24, 2.45) is 7.05 Å². The Morgan fingerprint density at radius 3 is 2.66 bits per heavy atom. The smallest absolute Gasteiger partial charge is 0.142 e. The molecule has 0 bridgehead atoms. The van der Waals surface area contributed by atoms with E-state index in [9.17, 15) is 4.79 Å². The van der Waals surface area contributed by atoms with Crippen molar-refractivity contribution in [1.29, 1.82) is 0 Å². The predicted molar refractivity (Wildman–Crippen MR) is 123 cm³/mol. The van der Waals surface area contributed by atoms with Crippen LogP contribution >= 0.6 is 23.2 Å². The van der Waals surface area contributed by atoms with E-state index in [1.807, 2.05) is 31.3 Å². The number of nitrogens with one attached hydrogen (secondary N) is 1. The van der Waals surface area contributed by atoms with Gasteiger partial charge in [-0.15, -0.1) is 23.2 Å². The summed E-state index contributed by atoms with van der Waals surface area (Å²) >= 11 is 11.9. The van der Waals surface area contributed by atoms with Gasteiger partial charge >= 0.3 is 0 Å². The molecule has 152 valence electrons. The van der Waals surface area contributed by atoms with Gasteiger partial charge in [0.25, 0.3) is 0 Å². The minimum Gasteiger partial charge on any atom is -0.378 e. The van der Waals surface area contributed by atoms with Gasteiger partial charge in [-0.2, -0.15) is 0 Å². The number of fused-ring (bicyclic) bond motifs is 1. The van der Waals surface area contributed by atoms with E-state index < -0.39 is 0 Å². The number of halogens is 2. The third-order valence-electron chi connectivity index (χ3n) is 4.74. The molecule has 1 aromatic heterocycles. The van der Waals surface area contributed by atoms with Gasteiger partial charge in [-0.25, -0.2) is 4.98 Å². The predicted octanol–water partition coefficient (Wildman–Crippen LogP) is 4.68. The van der Waals surface area contributed by atoms with Crippen molar-refractivity contribution < 1.29 is 4.79 Å². The second-order valence-electron chi connectivity index (χ2n) is 6.60. The molecule has 0 amide bonds. The molecule has 0 radical (unpaired) electrons. The van der Waals surface area contributed by atoms with Crippen molar-refractivity contribution in [2.45, 2.75) is 6.54 Å². The van der Waals surface area contributed by atoms with E-state index >= 15 is 0 Å². The molecular formula is C22H24Cl2N4O. The summed E-state index contributed by atoms with van der Waals surface area (Å²) in [5.74, 6) is 2.04. The number of aromatic nitrogens is 2. The fourth-order valence-corrected chi connectivity index (χ4v) is 3.66. The van der Waals surface area contributed by atoms with Gasteiger partial charge in [0.1, 0.15) is 12.1 Å². The first-order valence-corrected chi connectivity index (χ1v) is 10.5. The lowest BCUT2D eigenvalue weighted by Crippen LogP contribution is -2.27. The lowest BCUT2D eigenvalue weighted by molar-refractivity contribution is -0.104. The number of carbonyl (C=O) groups excluding carboxylic acids is 1. The van der Waals surface area contributed by atoms with Crippen molar-refractivity contribution in [3.8, 4) is 0 Å². The van der Waals surface area contributed by atoms with Crippen LogP contribution in [0.15, 0.2) is 48.5 Å². The van der Waals surface area contributed by atoms with Gasteiger partial charge in [0, 0.05) is 43.3 Å². The SMILES string of the molecule is Cn1c(CNc2cccc(C=CC=O)c2)nc2cc(N(CCCl)CCCl)ccc21. The number of aryl methyl sites for hydroxylation is 1. The van der Waals surface area contributed by atoms with Crippen LogP contribution in [-0.4, -0.2) is 40.7 Å². The van der Waals surface area contributed by atoms with Crippen LogP contribution in [0, 0.1) is 0 Å².